The molecule has 1 heterocycles. The van der Waals surface area contributed by atoms with Crippen LogP contribution in [-0.4, -0.2) is 31.6 Å². The monoisotopic (exact) mass is 394 g/mol. The summed E-state index contributed by atoms with van der Waals surface area (Å²) in [5, 5.41) is 4.55. The molecule has 0 saturated carbocycles. The molecule has 0 fully saturated rings. The molecule has 152 valence electrons. The zero-order valence-corrected chi connectivity index (χ0v) is 17.0. The van der Waals surface area contributed by atoms with Gasteiger partial charge < -0.3 is 14.8 Å². The lowest BCUT2D eigenvalue weighted by atomic mass is 9.99. The molecule has 1 N–H and O–H groups in total. The molecule has 0 bridgehead atoms. The van der Waals surface area contributed by atoms with Crippen molar-refractivity contribution in [3.05, 3.63) is 58.1 Å². The second-order valence-electron chi connectivity index (χ2n) is 6.86. The van der Waals surface area contributed by atoms with Crippen LogP contribution in [-0.2, 0) is 4.79 Å². The lowest BCUT2D eigenvalue weighted by Crippen LogP contribution is -2.35. The normalized spacial score (nSPS) is 15.0. The molecule has 3 rings (SSSR count). The summed E-state index contributed by atoms with van der Waals surface area (Å²) in [6.07, 6.45) is 2.43. The van der Waals surface area contributed by atoms with Crippen LogP contribution in [0.5, 0.6) is 11.5 Å². The largest absolute Gasteiger partial charge is 0.490 e. The highest BCUT2D eigenvalue weighted by atomic mass is 16.5. The number of nitrogens with one attached hydrogen (secondary N) is 1. The molecule has 0 aliphatic carbocycles. The van der Waals surface area contributed by atoms with E-state index in [-0.39, 0.29) is 17.7 Å². The van der Waals surface area contributed by atoms with Gasteiger partial charge in [-0.15, -0.1) is 0 Å². The Balaban J connectivity index is 1.63. The molecule has 1 atom stereocenters. The standard InChI is InChI=1S/C23H26N2O4/c1-4-28-20-9-8-17(14-21(20)29-5-2)22(26)24-11-10-18-13-16-7-6-15(3)12-19(16)25-23(18)27/h6-9,12-14,18H,4-5,10-11H2,1-3H3,(H,24,26). The Bertz CT molecular complexity index is 1030. The van der Waals surface area contributed by atoms with Crippen LogP contribution < -0.4 is 25.4 Å². The summed E-state index contributed by atoms with van der Waals surface area (Å²) in [6.45, 7) is 7.12. The highest BCUT2D eigenvalue weighted by Gasteiger charge is 2.19. The van der Waals surface area contributed by atoms with Gasteiger partial charge in [0.2, 0.25) is 0 Å². The maximum absolute atomic E-state index is 12.5. The van der Waals surface area contributed by atoms with Crippen LogP contribution in [0.2, 0.25) is 0 Å². The van der Waals surface area contributed by atoms with E-state index in [0.29, 0.717) is 48.6 Å². The zero-order valence-electron chi connectivity index (χ0n) is 17.0. The van der Waals surface area contributed by atoms with Crippen molar-refractivity contribution in [3.8, 4) is 11.5 Å². The van der Waals surface area contributed by atoms with E-state index in [4.69, 9.17) is 9.47 Å². The van der Waals surface area contributed by atoms with Crippen LogP contribution in [0.3, 0.4) is 0 Å². The maximum Gasteiger partial charge on any atom is 0.253 e. The molecule has 1 aliphatic rings. The Morgan fingerprint density at radius 2 is 1.83 bits per heavy atom. The van der Waals surface area contributed by atoms with Gasteiger partial charge in [0.1, 0.15) is 0 Å². The molecule has 6 nitrogen and oxygen atoms in total. The van der Waals surface area contributed by atoms with Crippen LogP contribution >= 0.6 is 0 Å². The molecule has 0 spiro atoms. The number of amides is 2. The third kappa shape index (κ3) is 5.02. The van der Waals surface area contributed by atoms with E-state index in [1.54, 1.807) is 18.2 Å². The number of hydrogen-bond acceptors (Lipinski definition) is 4. The van der Waals surface area contributed by atoms with Crippen LogP contribution in [0.1, 0.15) is 36.2 Å². The fraction of sp³-hybridized carbons (Fsp3) is 0.348. The van der Waals surface area contributed by atoms with E-state index in [2.05, 4.69) is 10.3 Å². The van der Waals surface area contributed by atoms with E-state index < -0.39 is 0 Å². The van der Waals surface area contributed by atoms with Crippen molar-refractivity contribution in [2.24, 2.45) is 10.9 Å². The van der Waals surface area contributed by atoms with Gasteiger partial charge in [-0.25, -0.2) is 4.99 Å². The van der Waals surface area contributed by atoms with Gasteiger partial charge >= 0.3 is 0 Å². The van der Waals surface area contributed by atoms with Crippen molar-refractivity contribution in [1.29, 1.82) is 0 Å². The van der Waals surface area contributed by atoms with Crippen molar-refractivity contribution in [2.75, 3.05) is 19.8 Å². The summed E-state index contributed by atoms with van der Waals surface area (Å²) in [4.78, 5) is 29.0. The molecule has 2 amide bonds. The van der Waals surface area contributed by atoms with E-state index in [9.17, 15) is 9.59 Å². The summed E-state index contributed by atoms with van der Waals surface area (Å²) >= 11 is 0. The van der Waals surface area contributed by atoms with Gasteiger partial charge in [-0.1, -0.05) is 18.2 Å². The maximum atomic E-state index is 12.5. The molecule has 1 aliphatic heterocycles. The van der Waals surface area contributed by atoms with E-state index >= 15 is 0 Å². The predicted molar refractivity (Wildman–Crippen MR) is 111 cm³/mol. The van der Waals surface area contributed by atoms with Crippen molar-refractivity contribution in [2.45, 2.75) is 27.2 Å². The van der Waals surface area contributed by atoms with Gasteiger partial charge in [0, 0.05) is 12.1 Å². The Morgan fingerprint density at radius 1 is 1.07 bits per heavy atom. The van der Waals surface area contributed by atoms with Gasteiger partial charge in [-0.05, 0) is 62.2 Å². The van der Waals surface area contributed by atoms with Crippen molar-refractivity contribution in [1.82, 2.24) is 5.32 Å². The number of fused-ring (bicyclic) bond motifs is 1. The van der Waals surface area contributed by atoms with Gasteiger partial charge in [-0.3, -0.25) is 9.59 Å². The average molecular weight is 394 g/mol. The lowest BCUT2D eigenvalue weighted by Gasteiger charge is -2.14. The van der Waals surface area contributed by atoms with E-state index in [0.717, 1.165) is 10.8 Å². The summed E-state index contributed by atoms with van der Waals surface area (Å²) in [6, 6.07) is 11.0. The number of aryl methyl sites for hydroxylation is 1. The second kappa shape index (κ2) is 9.37. The Hall–Kier alpha value is -3.15. The van der Waals surface area contributed by atoms with Crippen molar-refractivity contribution < 1.29 is 19.1 Å². The second-order valence-corrected chi connectivity index (χ2v) is 6.86. The van der Waals surface area contributed by atoms with Crippen molar-refractivity contribution >= 4 is 17.9 Å². The molecule has 2 aromatic rings. The molecule has 0 radical (unpaired) electrons. The zero-order chi connectivity index (χ0) is 20.8. The predicted octanol–water partition coefficient (Wildman–Crippen LogP) is 2.17. The highest BCUT2D eigenvalue weighted by molar-refractivity contribution is 5.95. The minimum Gasteiger partial charge on any atom is -0.490 e. The van der Waals surface area contributed by atoms with Crippen molar-refractivity contribution in [3.63, 3.8) is 0 Å². The topological polar surface area (TPSA) is 77.0 Å². The Kier molecular flexibility index (Phi) is 6.65. The van der Waals surface area contributed by atoms with Crippen LogP contribution in [0, 0.1) is 12.8 Å². The molecule has 0 aromatic heterocycles. The minimum absolute atomic E-state index is 0.169. The van der Waals surface area contributed by atoms with Gasteiger partial charge in [-0.2, -0.15) is 0 Å². The SMILES string of the molecule is CCOc1ccc(C(=O)NCCC2C=c3ccc(C)cc3=NC2=O)cc1OCC. The van der Waals surface area contributed by atoms with Gasteiger partial charge in [0.05, 0.1) is 24.5 Å². The number of hydrogen-bond donors (Lipinski definition) is 1. The molecule has 0 saturated heterocycles. The summed E-state index contributed by atoms with van der Waals surface area (Å²) < 4.78 is 11.1. The first-order chi connectivity index (χ1) is 14.0. The number of carbonyl (C=O) groups is 2. The van der Waals surface area contributed by atoms with Gasteiger partial charge in [0.15, 0.2) is 11.5 Å². The fourth-order valence-electron chi connectivity index (χ4n) is 3.22. The highest BCUT2D eigenvalue weighted by Crippen LogP contribution is 2.28. The Morgan fingerprint density at radius 3 is 2.59 bits per heavy atom. The smallest absolute Gasteiger partial charge is 0.253 e. The molecule has 1 unspecified atom stereocenters. The first-order valence-electron chi connectivity index (χ1n) is 9.90. The molecule has 29 heavy (non-hydrogen) atoms. The molecule has 6 heteroatoms. The first-order valence-corrected chi connectivity index (χ1v) is 9.90. The number of rotatable bonds is 8. The lowest BCUT2D eigenvalue weighted by molar-refractivity contribution is -0.120. The molecular formula is C23H26N2O4. The quantitative estimate of drug-likeness (QED) is 0.744. The van der Waals surface area contributed by atoms with Crippen LogP contribution in [0.15, 0.2) is 41.4 Å². The summed E-state index contributed by atoms with van der Waals surface area (Å²) in [5.41, 5.74) is 1.56. The number of carbonyl (C=O) groups excluding carboxylic acids is 2. The van der Waals surface area contributed by atoms with Gasteiger partial charge in [0.25, 0.3) is 11.8 Å². The third-order valence-electron chi connectivity index (χ3n) is 4.66. The molecular weight excluding hydrogens is 368 g/mol. The van der Waals surface area contributed by atoms with E-state index in [1.165, 1.54) is 0 Å². The van der Waals surface area contributed by atoms with E-state index in [1.807, 2.05) is 45.0 Å². The minimum atomic E-state index is -0.329. The number of nitrogens with zero attached hydrogens (tertiary/aromatic N) is 1. The molecule has 2 aromatic carbocycles. The fourth-order valence-corrected chi connectivity index (χ4v) is 3.22. The average Bonchev–Trinajstić information content (AvgIpc) is 2.70. The Labute approximate surface area is 170 Å². The summed E-state index contributed by atoms with van der Waals surface area (Å²) in [7, 11) is 0. The van der Waals surface area contributed by atoms with Crippen LogP contribution in [0.25, 0.3) is 6.08 Å². The first kappa shape index (κ1) is 20.6. The third-order valence-corrected chi connectivity index (χ3v) is 4.66. The number of ether oxygens (including phenoxy) is 2. The summed E-state index contributed by atoms with van der Waals surface area (Å²) in [5.74, 6) is 0.444. The van der Waals surface area contributed by atoms with Crippen LogP contribution in [0.4, 0.5) is 0 Å². The number of benzene rings is 2.